The fourth-order valence-electron chi connectivity index (χ4n) is 4.12. The molecule has 0 saturated carbocycles. The summed E-state index contributed by atoms with van der Waals surface area (Å²) < 4.78 is 16.8. The van der Waals surface area contributed by atoms with E-state index in [1.807, 2.05) is 60.8 Å². The normalized spacial score (nSPS) is 18.3. The molecule has 1 saturated heterocycles. The van der Waals surface area contributed by atoms with E-state index in [0.717, 1.165) is 39.9 Å². The van der Waals surface area contributed by atoms with Crippen LogP contribution in [0, 0.1) is 0 Å². The molecule has 1 aliphatic rings. The van der Waals surface area contributed by atoms with E-state index >= 15 is 0 Å². The van der Waals surface area contributed by atoms with E-state index in [1.54, 1.807) is 14.2 Å². The predicted octanol–water partition coefficient (Wildman–Crippen LogP) is 5.37. The van der Waals surface area contributed by atoms with Gasteiger partial charge in [0.15, 0.2) is 11.5 Å². The van der Waals surface area contributed by atoms with Crippen molar-refractivity contribution in [1.29, 1.82) is 0 Å². The van der Waals surface area contributed by atoms with Gasteiger partial charge in [-0.15, -0.1) is 0 Å². The fraction of sp³-hybridized carbons (Fsp3) is 0.458. The van der Waals surface area contributed by atoms with E-state index < -0.39 is 0 Å². The quantitative estimate of drug-likeness (QED) is 0.482. The Morgan fingerprint density at radius 1 is 1.07 bits per heavy atom. The second-order valence-electron chi connectivity index (χ2n) is 7.12. The molecule has 0 aromatic heterocycles. The van der Waals surface area contributed by atoms with Crippen LogP contribution in [0.25, 0.3) is 0 Å². The standard InChI is InChI=1S/C24H30O4S2/c1-4-28-22(25)15-19(17-9-6-5-7-10-17)23(21-16-29-13-14-30-21)18-11-8-12-20(26-2)24(18)27-3/h5-12,19,21,23H,4,13-16H2,1-3H3. The predicted molar refractivity (Wildman–Crippen MR) is 126 cm³/mol. The molecule has 6 heteroatoms. The third kappa shape index (κ3) is 5.46. The van der Waals surface area contributed by atoms with Crippen molar-refractivity contribution in [3.8, 4) is 11.5 Å². The van der Waals surface area contributed by atoms with Crippen LogP contribution in [0.5, 0.6) is 11.5 Å². The second-order valence-corrected chi connectivity index (χ2v) is 9.62. The Hall–Kier alpha value is -1.79. The summed E-state index contributed by atoms with van der Waals surface area (Å²) in [4.78, 5) is 12.6. The smallest absolute Gasteiger partial charge is 0.306 e. The number of carbonyl (C=O) groups excluding carboxylic acids is 1. The third-order valence-corrected chi connectivity index (χ3v) is 8.27. The maximum Gasteiger partial charge on any atom is 0.306 e. The highest BCUT2D eigenvalue weighted by Crippen LogP contribution is 2.49. The SMILES string of the molecule is CCOC(=O)CC(c1ccccc1)C(c1cccc(OC)c1OC)C1CSCCS1. The number of hydrogen-bond donors (Lipinski definition) is 0. The number of para-hydroxylation sites is 1. The minimum absolute atomic E-state index is 0.0116. The van der Waals surface area contributed by atoms with Gasteiger partial charge in [0.1, 0.15) is 0 Å². The maximum atomic E-state index is 12.6. The van der Waals surface area contributed by atoms with Crippen molar-refractivity contribution in [2.75, 3.05) is 38.1 Å². The van der Waals surface area contributed by atoms with E-state index in [-0.39, 0.29) is 17.8 Å². The molecule has 0 amide bonds. The summed E-state index contributed by atoms with van der Waals surface area (Å²) in [5.41, 5.74) is 2.24. The molecule has 0 bridgehead atoms. The zero-order chi connectivity index (χ0) is 21.3. The molecule has 3 atom stereocenters. The van der Waals surface area contributed by atoms with Gasteiger partial charge >= 0.3 is 5.97 Å². The van der Waals surface area contributed by atoms with Gasteiger partial charge in [0.05, 0.1) is 27.2 Å². The third-order valence-electron chi connectivity index (χ3n) is 5.39. The number of thioether (sulfide) groups is 2. The van der Waals surface area contributed by atoms with Gasteiger partial charge in [0.25, 0.3) is 0 Å². The highest BCUT2D eigenvalue weighted by atomic mass is 32.2. The van der Waals surface area contributed by atoms with E-state index in [0.29, 0.717) is 18.3 Å². The van der Waals surface area contributed by atoms with Crippen molar-refractivity contribution >= 4 is 29.5 Å². The van der Waals surface area contributed by atoms with Crippen molar-refractivity contribution in [2.45, 2.75) is 30.4 Å². The van der Waals surface area contributed by atoms with Crippen molar-refractivity contribution in [3.05, 3.63) is 59.7 Å². The van der Waals surface area contributed by atoms with Crippen LogP contribution in [0.2, 0.25) is 0 Å². The lowest BCUT2D eigenvalue weighted by molar-refractivity contribution is -0.143. The maximum absolute atomic E-state index is 12.6. The molecule has 3 unspecified atom stereocenters. The molecular formula is C24H30O4S2. The molecule has 0 N–H and O–H groups in total. The van der Waals surface area contributed by atoms with Crippen LogP contribution in [0.15, 0.2) is 48.5 Å². The Bertz CT molecular complexity index is 806. The Morgan fingerprint density at radius 3 is 2.50 bits per heavy atom. The lowest BCUT2D eigenvalue weighted by atomic mass is 9.77. The first-order valence-corrected chi connectivity index (χ1v) is 12.5. The molecule has 0 aliphatic carbocycles. The van der Waals surface area contributed by atoms with Crippen LogP contribution in [0.4, 0.5) is 0 Å². The zero-order valence-electron chi connectivity index (χ0n) is 17.8. The number of rotatable bonds is 9. The average Bonchev–Trinajstić information content (AvgIpc) is 2.80. The number of hydrogen-bond acceptors (Lipinski definition) is 6. The zero-order valence-corrected chi connectivity index (χ0v) is 19.5. The van der Waals surface area contributed by atoms with Crippen LogP contribution in [-0.4, -0.2) is 49.3 Å². The number of ether oxygens (including phenoxy) is 3. The largest absolute Gasteiger partial charge is 0.493 e. The number of esters is 1. The minimum atomic E-state index is -0.160. The average molecular weight is 447 g/mol. The summed E-state index contributed by atoms with van der Waals surface area (Å²) in [6.45, 7) is 2.24. The van der Waals surface area contributed by atoms with Gasteiger partial charge in [-0.05, 0) is 18.6 Å². The first-order chi connectivity index (χ1) is 14.7. The van der Waals surface area contributed by atoms with E-state index in [2.05, 4.69) is 18.2 Å². The summed E-state index contributed by atoms with van der Waals surface area (Å²) in [5, 5.41) is 0.365. The van der Waals surface area contributed by atoms with Gasteiger partial charge in [0.2, 0.25) is 0 Å². The highest BCUT2D eigenvalue weighted by Gasteiger charge is 2.37. The number of carbonyl (C=O) groups is 1. The highest BCUT2D eigenvalue weighted by molar-refractivity contribution is 8.06. The molecule has 162 valence electrons. The Balaban J connectivity index is 2.12. The Labute approximate surface area is 188 Å². The van der Waals surface area contributed by atoms with Gasteiger partial charge in [0, 0.05) is 39.9 Å². The first-order valence-electron chi connectivity index (χ1n) is 10.3. The first kappa shape index (κ1) is 22.9. The summed E-state index contributed by atoms with van der Waals surface area (Å²) in [7, 11) is 3.35. The number of benzene rings is 2. The summed E-state index contributed by atoms with van der Waals surface area (Å²) >= 11 is 3.97. The molecule has 2 aromatic carbocycles. The van der Waals surface area contributed by atoms with Gasteiger partial charge in [-0.1, -0.05) is 42.5 Å². The molecule has 2 aromatic rings. The van der Waals surface area contributed by atoms with E-state index in [1.165, 1.54) is 0 Å². The number of methoxy groups -OCH3 is 2. The van der Waals surface area contributed by atoms with Crippen molar-refractivity contribution in [2.24, 2.45) is 0 Å². The topological polar surface area (TPSA) is 44.8 Å². The second kappa shape index (κ2) is 11.6. The Morgan fingerprint density at radius 2 is 1.87 bits per heavy atom. The lowest BCUT2D eigenvalue weighted by Crippen LogP contribution is -2.29. The lowest BCUT2D eigenvalue weighted by Gasteiger charge is -2.36. The monoisotopic (exact) mass is 446 g/mol. The molecule has 4 nitrogen and oxygen atoms in total. The van der Waals surface area contributed by atoms with E-state index in [4.69, 9.17) is 14.2 Å². The van der Waals surface area contributed by atoms with Gasteiger partial charge in [-0.25, -0.2) is 0 Å². The molecule has 1 aliphatic heterocycles. The summed E-state index contributed by atoms with van der Waals surface area (Å²) in [5.74, 6) is 4.72. The molecule has 0 spiro atoms. The molecule has 30 heavy (non-hydrogen) atoms. The van der Waals surface area contributed by atoms with Crippen LogP contribution in [0.1, 0.15) is 36.3 Å². The van der Waals surface area contributed by atoms with Gasteiger partial charge in [-0.2, -0.15) is 23.5 Å². The molecule has 0 radical (unpaired) electrons. The summed E-state index contributed by atoms with van der Waals surface area (Å²) in [6, 6.07) is 16.4. The fourth-order valence-corrected chi connectivity index (χ4v) is 7.10. The van der Waals surface area contributed by atoms with Crippen molar-refractivity contribution < 1.29 is 19.0 Å². The van der Waals surface area contributed by atoms with Crippen LogP contribution < -0.4 is 9.47 Å². The minimum Gasteiger partial charge on any atom is -0.493 e. The Kier molecular flexibility index (Phi) is 8.82. The van der Waals surface area contributed by atoms with Crippen molar-refractivity contribution in [3.63, 3.8) is 0 Å². The van der Waals surface area contributed by atoms with E-state index in [9.17, 15) is 4.79 Å². The van der Waals surface area contributed by atoms with Gasteiger partial charge < -0.3 is 14.2 Å². The van der Waals surface area contributed by atoms with Gasteiger partial charge in [-0.3, -0.25) is 4.79 Å². The van der Waals surface area contributed by atoms with Crippen LogP contribution in [0.3, 0.4) is 0 Å². The van der Waals surface area contributed by atoms with Crippen LogP contribution >= 0.6 is 23.5 Å². The van der Waals surface area contributed by atoms with Crippen molar-refractivity contribution in [1.82, 2.24) is 0 Å². The van der Waals surface area contributed by atoms with Crippen LogP contribution in [-0.2, 0) is 9.53 Å². The molecule has 3 rings (SSSR count). The molecule has 1 heterocycles. The summed E-state index contributed by atoms with van der Waals surface area (Å²) in [6.07, 6.45) is 0.338. The molecule has 1 fully saturated rings. The molecular weight excluding hydrogens is 416 g/mol.